The molecular weight excluding hydrogens is 392 g/mol. The number of rotatable bonds is 4. The summed E-state index contributed by atoms with van der Waals surface area (Å²) in [6.07, 6.45) is 0. The van der Waals surface area contributed by atoms with Gasteiger partial charge in [0.1, 0.15) is 17.2 Å². The van der Waals surface area contributed by atoms with Gasteiger partial charge in [-0.2, -0.15) is 0 Å². The van der Waals surface area contributed by atoms with Crippen LogP contribution in [0.4, 0.5) is 0 Å². The Morgan fingerprint density at radius 2 is 1.45 bits per heavy atom. The van der Waals surface area contributed by atoms with Gasteiger partial charge in [0.15, 0.2) is 6.61 Å². The molecule has 0 unspecified atom stereocenters. The fourth-order valence-corrected chi connectivity index (χ4v) is 3.33. The summed E-state index contributed by atoms with van der Waals surface area (Å²) in [4.78, 5) is 25.0. The van der Waals surface area contributed by atoms with Gasteiger partial charge in [0, 0.05) is 11.1 Å². The SMILES string of the molecule is O=C(COc1ccccc1Cl)NNC(=O)C1c2ccccc2Oc2ccccc21. The van der Waals surface area contributed by atoms with E-state index < -0.39 is 11.8 Å². The first kappa shape index (κ1) is 18.8. The third kappa shape index (κ3) is 4.02. The van der Waals surface area contributed by atoms with Crippen LogP contribution in [0.15, 0.2) is 72.8 Å². The lowest BCUT2D eigenvalue weighted by molar-refractivity contribution is -0.130. The lowest BCUT2D eigenvalue weighted by Gasteiger charge is -2.27. The number of amides is 2. The molecule has 0 spiro atoms. The molecule has 1 aliphatic rings. The third-order valence-electron chi connectivity index (χ3n) is 4.46. The van der Waals surface area contributed by atoms with Gasteiger partial charge in [-0.15, -0.1) is 0 Å². The summed E-state index contributed by atoms with van der Waals surface area (Å²) in [5, 5.41) is 0.403. The van der Waals surface area contributed by atoms with Crippen molar-refractivity contribution in [2.24, 2.45) is 0 Å². The highest BCUT2D eigenvalue weighted by molar-refractivity contribution is 6.32. The van der Waals surface area contributed by atoms with E-state index in [4.69, 9.17) is 21.1 Å². The number of para-hydroxylation sites is 3. The van der Waals surface area contributed by atoms with Crippen LogP contribution in [0, 0.1) is 0 Å². The summed E-state index contributed by atoms with van der Waals surface area (Å²) in [7, 11) is 0. The first-order valence-corrected chi connectivity index (χ1v) is 9.33. The van der Waals surface area contributed by atoms with Gasteiger partial charge >= 0.3 is 0 Å². The smallest absolute Gasteiger partial charge is 0.276 e. The van der Waals surface area contributed by atoms with Gasteiger partial charge in [-0.3, -0.25) is 20.4 Å². The Balaban J connectivity index is 1.44. The summed E-state index contributed by atoms with van der Waals surface area (Å²) in [5.74, 6) is 0.120. The summed E-state index contributed by atoms with van der Waals surface area (Å²) < 4.78 is 11.3. The molecule has 0 saturated carbocycles. The van der Waals surface area contributed by atoms with E-state index in [-0.39, 0.29) is 12.5 Å². The zero-order valence-electron chi connectivity index (χ0n) is 15.2. The van der Waals surface area contributed by atoms with Crippen molar-refractivity contribution in [3.8, 4) is 17.2 Å². The normalized spacial score (nSPS) is 12.2. The molecule has 3 aromatic carbocycles. The lowest BCUT2D eigenvalue weighted by atomic mass is 9.87. The summed E-state index contributed by atoms with van der Waals surface area (Å²) >= 11 is 5.99. The predicted molar refractivity (Wildman–Crippen MR) is 108 cm³/mol. The van der Waals surface area contributed by atoms with Crippen molar-refractivity contribution in [3.63, 3.8) is 0 Å². The van der Waals surface area contributed by atoms with Crippen LogP contribution in [0.5, 0.6) is 17.2 Å². The van der Waals surface area contributed by atoms with Crippen molar-refractivity contribution in [3.05, 3.63) is 88.9 Å². The van der Waals surface area contributed by atoms with E-state index >= 15 is 0 Å². The molecule has 3 aromatic rings. The van der Waals surface area contributed by atoms with Crippen LogP contribution < -0.4 is 20.3 Å². The number of carbonyl (C=O) groups excluding carboxylic acids is 2. The second kappa shape index (κ2) is 8.24. The van der Waals surface area contributed by atoms with Gasteiger partial charge in [-0.1, -0.05) is 60.1 Å². The Hall–Kier alpha value is -3.51. The number of ether oxygens (including phenoxy) is 2. The molecule has 0 radical (unpaired) electrons. The van der Waals surface area contributed by atoms with E-state index in [1.54, 1.807) is 24.3 Å². The van der Waals surface area contributed by atoms with Gasteiger partial charge in [0.25, 0.3) is 11.8 Å². The summed E-state index contributed by atoms with van der Waals surface area (Å²) in [6, 6.07) is 21.5. The second-order valence-corrected chi connectivity index (χ2v) is 6.77. The molecule has 2 amide bonds. The molecule has 146 valence electrons. The maximum absolute atomic E-state index is 12.9. The molecule has 1 aliphatic heterocycles. The van der Waals surface area contributed by atoms with E-state index in [0.717, 1.165) is 11.1 Å². The average Bonchev–Trinajstić information content (AvgIpc) is 2.75. The molecule has 0 atom stereocenters. The molecule has 0 aliphatic carbocycles. The van der Waals surface area contributed by atoms with E-state index in [9.17, 15) is 9.59 Å². The van der Waals surface area contributed by atoms with Crippen molar-refractivity contribution >= 4 is 23.4 Å². The van der Waals surface area contributed by atoms with Crippen molar-refractivity contribution in [2.75, 3.05) is 6.61 Å². The number of fused-ring (bicyclic) bond motifs is 2. The monoisotopic (exact) mass is 408 g/mol. The number of nitrogens with one attached hydrogen (secondary N) is 2. The zero-order chi connectivity index (χ0) is 20.2. The second-order valence-electron chi connectivity index (χ2n) is 6.37. The van der Waals surface area contributed by atoms with E-state index in [1.165, 1.54) is 0 Å². The molecule has 0 fully saturated rings. The largest absolute Gasteiger partial charge is 0.482 e. The van der Waals surface area contributed by atoms with E-state index in [1.807, 2.05) is 48.5 Å². The summed E-state index contributed by atoms with van der Waals surface area (Å²) in [5.41, 5.74) is 6.32. The number of halogens is 1. The van der Waals surface area contributed by atoms with Gasteiger partial charge in [0.05, 0.1) is 10.9 Å². The molecule has 29 heavy (non-hydrogen) atoms. The Morgan fingerprint density at radius 3 is 2.10 bits per heavy atom. The van der Waals surface area contributed by atoms with E-state index in [0.29, 0.717) is 22.3 Å². The molecular formula is C22H17ClN2O4. The van der Waals surface area contributed by atoms with E-state index in [2.05, 4.69) is 10.9 Å². The van der Waals surface area contributed by atoms with Gasteiger partial charge in [0.2, 0.25) is 0 Å². The van der Waals surface area contributed by atoms with Gasteiger partial charge in [-0.05, 0) is 24.3 Å². The maximum atomic E-state index is 12.9. The highest BCUT2D eigenvalue weighted by Gasteiger charge is 2.32. The predicted octanol–water partition coefficient (Wildman–Crippen LogP) is 3.80. The molecule has 0 bridgehead atoms. The molecule has 2 N–H and O–H groups in total. The number of carbonyl (C=O) groups is 2. The Kier molecular flexibility index (Phi) is 5.35. The van der Waals surface area contributed by atoms with Crippen LogP contribution in [0.3, 0.4) is 0 Å². The molecule has 6 nitrogen and oxygen atoms in total. The number of hydrazine groups is 1. The molecule has 0 saturated heterocycles. The van der Waals surface area contributed by atoms with Gasteiger partial charge < -0.3 is 9.47 Å². The Bertz CT molecular complexity index is 1020. The maximum Gasteiger partial charge on any atom is 0.276 e. The first-order chi connectivity index (χ1) is 14.1. The minimum atomic E-state index is -0.610. The fourth-order valence-electron chi connectivity index (χ4n) is 3.14. The molecule has 1 heterocycles. The van der Waals surface area contributed by atoms with Crippen LogP contribution >= 0.6 is 11.6 Å². The number of hydrogen-bond acceptors (Lipinski definition) is 4. The minimum absolute atomic E-state index is 0.287. The fraction of sp³-hybridized carbons (Fsp3) is 0.0909. The van der Waals surface area contributed by atoms with Crippen LogP contribution in [-0.2, 0) is 9.59 Å². The quantitative estimate of drug-likeness (QED) is 0.644. The number of hydrogen-bond donors (Lipinski definition) is 2. The van der Waals surface area contributed by atoms with Crippen LogP contribution in [0.1, 0.15) is 17.0 Å². The Morgan fingerprint density at radius 1 is 0.862 bits per heavy atom. The Labute approximate surface area is 172 Å². The molecule has 4 rings (SSSR count). The highest BCUT2D eigenvalue weighted by Crippen LogP contribution is 2.43. The zero-order valence-corrected chi connectivity index (χ0v) is 16.0. The molecule has 7 heteroatoms. The molecule has 0 aromatic heterocycles. The number of benzene rings is 3. The van der Waals surface area contributed by atoms with Crippen LogP contribution in [-0.4, -0.2) is 18.4 Å². The first-order valence-electron chi connectivity index (χ1n) is 8.95. The minimum Gasteiger partial charge on any atom is -0.482 e. The van der Waals surface area contributed by atoms with Crippen molar-refractivity contribution in [2.45, 2.75) is 5.92 Å². The van der Waals surface area contributed by atoms with Crippen LogP contribution in [0.2, 0.25) is 5.02 Å². The highest BCUT2D eigenvalue weighted by atomic mass is 35.5. The summed E-state index contributed by atoms with van der Waals surface area (Å²) in [6.45, 7) is -0.287. The van der Waals surface area contributed by atoms with Gasteiger partial charge in [-0.25, -0.2) is 0 Å². The topological polar surface area (TPSA) is 76.7 Å². The van der Waals surface area contributed by atoms with Crippen molar-refractivity contribution in [1.82, 2.24) is 10.9 Å². The lowest BCUT2D eigenvalue weighted by Crippen LogP contribution is -2.46. The third-order valence-corrected chi connectivity index (χ3v) is 4.77. The van der Waals surface area contributed by atoms with Crippen LogP contribution in [0.25, 0.3) is 0 Å². The average molecular weight is 409 g/mol. The van der Waals surface area contributed by atoms with Crippen molar-refractivity contribution < 1.29 is 19.1 Å². The van der Waals surface area contributed by atoms with Crippen molar-refractivity contribution in [1.29, 1.82) is 0 Å². The standard InChI is InChI=1S/C22H17ClN2O4/c23-16-9-3-6-12-19(16)28-13-20(26)24-25-22(27)21-14-7-1-4-10-17(14)29-18-11-5-2-8-15(18)21/h1-12,21H,13H2,(H,24,26)(H,25,27).